The molecule has 2 saturated heterocycles. The maximum atomic E-state index is 14.6. The molecule has 2 amide bonds. The summed E-state index contributed by atoms with van der Waals surface area (Å²) in [4.78, 5) is 31.4. The number of rotatable bonds is 6. The van der Waals surface area contributed by atoms with Crippen molar-refractivity contribution in [2.75, 3.05) is 39.3 Å². The molecule has 186 valence electrons. The molecule has 0 aromatic heterocycles. The molecule has 0 saturated carbocycles. The number of ether oxygens (including phenoxy) is 1. The third-order valence-electron chi connectivity index (χ3n) is 6.77. The zero-order valence-electron chi connectivity index (χ0n) is 19.8. The molecule has 2 aliphatic rings. The van der Waals surface area contributed by atoms with E-state index in [2.05, 4.69) is 4.90 Å². The molecule has 0 N–H and O–H groups in total. The molecule has 2 aliphatic heterocycles. The molecule has 0 bridgehead atoms. The number of hydrogen-bond acceptors (Lipinski definition) is 4. The fourth-order valence-corrected chi connectivity index (χ4v) is 4.71. The highest BCUT2D eigenvalue weighted by atomic mass is 35.5. The largest absolute Gasteiger partial charge is 0.486 e. The number of hydrogen-bond donors (Lipinski definition) is 0. The fraction of sp³-hybridized carbons (Fsp3) is 0.286. The molecule has 0 radical (unpaired) electrons. The van der Waals surface area contributed by atoms with Crippen molar-refractivity contribution in [3.05, 3.63) is 100 Å². The van der Waals surface area contributed by atoms with Crippen molar-refractivity contribution in [2.45, 2.75) is 12.6 Å². The number of benzene rings is 3. The molecule has 2 heterocycles. The van der Waals surface area contributed by atoms with E-state index in [4.69, 9.17) is 16.3 Å². The van der Waals surface area contributed by atoms with Crippen LogP contribution in [0.5, 0.6) is 5.75 Å². The summed E-state index contributed by atoms with van der Waals surface area (Å²) in [5.74, 6) is -0.590. The second kappa shape index (κ2) is 10.7. The van der Waals surface area contributed by atoms with E-state index in [0.717, 1.165) is 18.7 Å². The molecule has 36 heavy (non-hydrogen) atoms. The van der Waals surface area contributed by atoms with Crippen LogP contribution in [0.3, 0.4) is 0 Å². The van der Waals surface area contributed by atoms with Crippen molar-refractivity contribution in [2.24, 2.45) is 0 Å². The molecule has 2 fully saturated rings. The predicted octanol–water partition coefficient (Wildman–Crippen LogP) is 4.34. The summed E-state index contributed by atoms with van der Waals surface area (Å²) in [6.07, 6.45) is 0. The number of nitrogens with zero attached hydrogens (tertiary/aromatic N) is 3. The number of piperazine rings is 1. The van der Waals surface area contributed by atoms with Gasteiger partial charge in [0, 0.05) is 61.5 Å². The fourth-order valence-electron chi connectivity index (χ4n) is 4.58. The van der Waals surface area contributed by atoms with Crippen LogP contribution in [-0.2, 0) is 6.61 Å². The van der Waals surface area contributed by atoms with Gasteiger partial charge >= 0.3 is 0 Å². The maximum Gasteiger partial charge on any atom is 0.254 e. The highest BCUT2D eigenvalue weighted by Gasteiger charge is 2.37. The normalized spacial score (nSPS) is 16.5. The molecule has 3 aromatic carbocycles. The van der Waals surface area contributed by atoms with Gasteiger partial charge in [-0.2, -0.15) is 0 Å². The average molecular weight is 508 g/mol. The van der Waals surface area contributed by atoms with E-state index in [0.29, 0.717) is 42.3 Å². The maximum absolute atomic E-state index is 14.6. The van der Waals surface area contributed by atoms with Gasteiger partial charge in [0.15, 0.2) is 11.6 Å². The van der Waals surface area contributed by atoms with E-state index >= 15 is 0 Å². The molecule has 0 aliphatic carbocycles. The van der Waals surface area contributed by atoms with Crippen molar-refractivity contribution in [1.82, 2.24) is 14.7 Å². The molecule has 3 aromatic rings. The quantitative estimate of drug-likeness (QED) is 0.498. The van der Waals surface area contributed by atoms with Crippen LogP contribution in [0.15, 0.2) is 72.8 Å². The van der Waals surface area contributed by atoms with Crippen LogP contribution in [0, 0.1) is 5.82 Å². The van der Waals surface area contributed by atoms with Gasteiger partial charge < -0.3 is 14.5 Å². The smallest absolute Gasteiger partial charge is 0.254 e. The molecular weight excluding hydrogens is 481 g/mol. The van der Waals surface area contributed by atoms with Crippen molar-refractivity contribution >= 4 is 23.4 Å². The van der Waals surface area contributed by atoms with Crippen molar-refractivity contribution < 1.29 is 18.7 Å². The van der Waals surface area contributed by atoms with E-state index in [1.54, 1.807) is 23.1 Å². The first-order chi connectivity index (χ1) is 17.5. The Hall–Kier alpha value is -3.42. The van der Waals surface area contributed by atoms with Crippen LogP contribution in [0.25, 0.3) is 0 Å². The third-order valence-corrected chi connectivity index (χ3v) is 7.03. The summed E-state index contributed by atoms with van der Waals surface area (Å²) < 4.78 is 20.2. The van der Waals surface area contributed by atoms with Crippen LogP contribution >= 0.6 is 11.6 Å². The topological polar surface area (TPSA) is 53.1 Å². The third kappa shape index (κ3) is 5.37. The minimum absolute atomic E-state index is 0.0586. The lowest BCUT2D eigenvalue weighted by Crippen LogP contribution is -2.64. The Bertz CT molecular complexity index is 1220. The summed E-state index contributed by atoms with van der Waals surface area (Å²) in [5, 5.41) is 0.626. The van der Waals surface area contributed by atoms with Crippen LogP contribution in [0.4, 0.5) is 4.39 Å². The van der Waals surface area contributed by atoms with Crippen LogP contribution in [0.1, 0.15) is 26.3 Å². The number of carbonyl (C=O) groups excluding carboxylic acids is 2. The Balaban J connectivity index is 1.09. The van der Waals surface area contributed by atoms with Crippen molar-refractivity contribution in [3.8, 4) is 5.75 Å². The molecular formula is C28H27ClFN3O3. The van der Waals surface area contributed by atoms with Gasteiger partial charge in [0.25, 0.3) is 11.8 Å². The Labute approximate surface area is 214 Å². The van der Waals surface area contributed by atoms with Crippen LogP contribution < -0.4 is 4.74 Å². The van der Waals surface area contributed by atoms with E-state index in [1.807, 2.05) is 47.4 Å². The SMILES string of the molecule is O=C(c1ccccc1)N1CCN(C2CN(C(=O)c3ccc(OCc4ccc(Cl)cc4)c(F)c3)C2)CC1. The van der Waals surface area contributed by atoms with Crippen molar-refractivity contribution in [3.63, 3.8) is 0 Å². The van der Waals surface area contributed by atoms with Gasteiger partial charge in [-0.25, -0.2) is 4.39 Å². The zero-order valence-corrected chi connectivity index (χ0v) is 20.5. The standard InChI is InChI=1S/C28H27ClFN3O3/c29-23-9-6-20(7-10-23)19-36-26-11-8-22(16-25(26)30)28(35)33-17-24(18-33)31-12-14-32(15-13-31)27(34)21-4-2-1-3-5-21/h1-11,16,24H,12-15,17-19H2. The first kappa shape index (κ1) is 24.3. The number of likely N-dealkylation sites (tertiary alicyclic amines) is 1. The summed E-state index contributed by atoms with van der Waals surface area (Å²) in [6.45, 7) is 4.30. The molecule has 6 nitrogen and oxygen atoms in total. The second-order valence-corrected chi connectivity index (χ2v) is 9.55. The average Bonchev–Trinajstić information content (AvgIpc) is 2.88. The lowest BCUT2D eigenvalue weighted by atomic mass is 10.0. The first-order valence-electron chi connectivity index (χ1n) is 12.0. The predicted molar refractivity (Wildman–Crippen MR) is 136 cm³/mol. The van der Waals surface area contributed by atoms with Gasteiger partial charge in [-0.05, 0) is 48.0 Å². The number of halogens is 2. The summed E-state index contributed by atoms with van der Waals surface area (Å²) in [5.41, 5.74) is 1.89. The van der Waals surface area contributed by atoms with Gasteiger partial charge in [0.2, 0.25) is 0 Å². The van der Waals surface area contributed by atoms with E-state index in [1.165, 1.54) is 12.1 Å². The molecule has 0 unspecified atom stereocenters. The van der Waals surface area contributed by atoms with Crippen molar-refractivity contribution in [1.29, 1.82) is 0 Å². The lowest BCUT2D eigenvalue weighted by Gasteiger charge is -2.48. The Morgan fingerprint density at radius 3 is 2.17 bits per heavy atom. The molecule has 5 rings (SSSR count). The van der Waals surface area contributed by atoms with Gasteiger partial charge in [-0.3, -0.25) is 14.5 Å². The molecule has 8 heteroatoms. The summed E-state index contributed by atoms with van der Waals surface area (Å²) >= 11 is 5.88. The van der Waals surface area contributed by atoms with E-state index < -0.39 is 5.82 Å². The second-order valence-electron chi connectivity index (χ2n) is 9.12. The first-order valence-corrected chi connectivity index (χ1v) is 12.4. The number of carbonyl (C=O) groups is 2. The summed E-state index contributed by atoms with van der Waals surface area (Å²) in [6, 6.07) is 21.1. The van der Waals surface area contributed by atoms with Crippen LogP contribution in [-0.4, -0.2) is 71.8 Å². The Morgan fingerprint density at radius 1 is 0.833 bits per heavy atom. The number of amides is 2. The minimum Gasteiger partial charge on any atom is -0.486 e. The van der Waals surface area contributed by atoms with Crippen LogP contribution in [0.2, 0.25) is 5.02 Å². The van der Waals surface area contributed by atoms with Gasteiger partial charge in [0.1, 0.15) is 6.61 Å². The zero-order chi connectivity index (χ0) is 25.1. The molecule has 0 spiro atoms. The van der Waals surface area contributed by atoms with Gasteiger partial charge in [-0.1, -0.05) is 41.9 Å². The molecule has 0 atom stereocenters. The van der Waals surface area contributed by atoms with E-state index in [9.17, 15) is 14.0 Å². The van der Waals surface area contributed by atoms with E-state index in [-0.39, 0.29) is 30.2 Å². The summed E-state index contributed by atoms with van der Waals surface area (Å²) in [7, 11) is 0. The monoisotopic (exact) mass is 507 g/mol. The highest BCUT2D eigenvalue weighted by Crippen LogP contribution is 2.24. The highest BCUT2D eigenvalue weighted by molar-refractivity contribution is 6.30. The minimum atomic E-state index is -0.564. The lowest BCUT2D eigenvalue weighted by molar-refractivity contribution is 0.00851. The van der Waals surface area contributed by atoms with Gasteiger partial charge in [-0.15, -0.1) is 0 Å². The Morgan fingerprint density at radius 2 is 1.50 bits per heavy atom. The Kier molecular flexibility index (Phi) is 7.20. The van der Waals surface area contributed by atoms with Gasteiger partial charge in [0.05, 0.1) is 0 Å².